The Bertz CT molecular complexity index is 563. The molecule has 2 aliphatic heterocycles. The number of anilines is 1. The fraction of sp³-hybridized carbons (Fsp3) is 0.667. The molecular weight excluding hydrogens is 324 g/mol. The molecule has 2 N–H and O–H groups in total. The van der Waals surface area contributed by atoms with Crippen molar-refractivity contribution in [2.24, 2.45) is 5.92 Å². The Morgan fingerprint density at radius 1 is 1.27 bits per heavy atom. The minimum Gasteiger partial charge on any atom is -0.369 e. The molecule has 0 aromatic heterocycles. The largest absolute Gasteiger partial charge is 0.369 e. The van der Waals surface area contributed by atoms with Crippen molar-refractivity contribution in [1.29, 1.82) is 0 Å². The van der Waals surface area contributed by atoms with Gasteiger partial charge in [-0.15, -0.1) is 0 Å². The highest BCUT2D eigenvalue weighted by atomic mass is 16.1. The molecule has 1 aromatic rings. The molecule has 2 fully saturated rings. The van der Waals surface area contributed by atoms with Crippen molar-refractivity contribution in [1.82, 2.24) is 15.5 Å². The van der Waals surface area contributed by atoms with Gasteiger partial charge >= 0.3 is 0 Å². The fourth-order valence-electron chi connectivity index (χ4n) is 3.97. The number of nitrogens with zero attached hydrogens (tertiary/aromatic N) is 2. The summed E-state index contributed by atoms with van der Waals surface area (Å²) >= 11 is 0. The molecule has 5 nitrogen and oxygen atoms in total. The first-order valence-electron chi connectivity index (χ1n) is 10.2. The van der Waals surface area contributed by atoms with Gasteiger partial charge in [0.2, 0.25) is 5.91 Å². The van der Waals surface area contributed by atoms with Crippen molar-refractivity contribution >= 4 is 11.6 Å². The molecule has 0 aliphatic carbocycles. The molecule has 2 saturated heterocycles. The van der Waals surface area contributed by atoms with Crippen LogP contribution in [0.4, 0.5) is 5.69 Å². The molecule has 0 spiro atoms. The zero-order valence-corrected chi connectivity index (χ0v) is 16.2. The number of piperazine rings is 1. The summed E-state index contributed by atoms with van der Waals surface area (Å²) in [6.45, 7) is 10.6. The number of benzene rings is 1. The third-order valence-electron chi connectivity index (χ3n) is 5.65. The summed E-state index contributed by atoms with van der Waals surface area (Å²) in [4.78, 5) is 16.9. The second-order valence-corrected chi connectivity index (χ2v) is 7.77. The topological polar surface area (TPSA) is 47.6 Å². The van der Waals surface area contributed by atoms with E-state index in [2.05, 4.69) is 51.6 Å². The van der Waals surface area contributed by atoms with Gasteiger partial charge in [0.05, 0.1) is 0 Å². The van der Waals surface area contributed by atoms with E-state index in [4.69, 9.17) is 0 Å². The second-order valence-electron chi connectivity index (χ2n) is 7.77. The van der Waals surface area contributed by atoms with Crippen LogP contribution < -0.4 is 15.5 Å². The summed E-state index contributed by atoms with van der Waals surface area (Å²) in [7, 11) is 0. The van der Waals surface area contributed by atoms with E-state index < -0.39 is 0 Å². The van der Waals surface area contributed by atoms with E-state index in [0.717, 1.165) is 65.2 Å². The molecule has 0 saturated carbocycles. The molecule has 2 aliphatic rings. The summed E-state index contributed by atoms with van der Waals surface area (Å²) in [5.74, 6) is 0.923. The normalized spacial score (nSPS) is 21.1. The van der Waals surface area contributed by atoms with Crippen LogP contribution in [0.25, 0.3) is 0 Å². The molecule has 1 atom stereocenters. The maximum absolute atomic E-state index is 11.9. The highest BCUT2D eigenvalue weighted by Gasteiger charge is 2.17. The second kappa shape index (κ2) is 9.93. The molecule has 2 heterocycles. The first-order chi connectivity index (χ1) is 12.7. The lowest BCUT2D eigenvalue weighted by molar-refractivity contribution is -0.121. The van der Waals surface area contributed by atoms with E-state index in [0.29, 0.717) is 12.3 Å². The van der Waals surface area contributed by atoms with Crippen molar-refractivity contribution in [2.75, 3.05) is 57.3 Å². The number of hydrogen-bond donors (Lipinski definition) is 2. The van der Waals surface area contributed by atoms with Crippen molar-refractivity contribution in [3.8, 4) is 0 Å². The SMILES string of the molecule is Cc1cccc(N2CCN(CCCNC(=O)CCC3CCNC3)CC2)c1. The Morgan fingerprint density at radius 2 is 2.12 bits per heavy atom. The zero-order valence-electron chi connectivity index (χ0n) is 16.2. The number of carbonyl (C=O) groups excluding carboxylic acids is 1. The van der Waals surface area contributed by atoms with E-state index in [9.17, 15) is 4.79 Å². The summed E-state index contributed by atoms with van der Waals surface area (Å²) < 4.78 is 0. The van der Waals surface area contributed by atoms with Crippen molar-refractivity contribution in [3.05, 3.63) is 29.8 Å². The highest BCUT2D eigenvalue weighted by Crippen LogP contribution is 2.18. The fourth-order valence-corrected chi connectivity index (χ4v) is 3.97. The maximum atomic E-state index is 11.9. The van der Waals surface area contributed by atoms with E-state index in [1.807, 2.05) is 0 Å². The average molecular weight is 359 g/mol. The summed E-state index contributed by atoms with van der Waals surface area (Å²) in [5.41, 5.74) is 2.67. The van der Waals surface area contributed by atoms with E-state index in [1.54, 1.807) is 0 Å². The van der Waals surface area contributed by atoms with Crippen LogP contribution in [0.1, 0.15) is 31.2 Å². The van der Waals surface area contributed by atoms with Gasteiger partial charge in [-0.2, -0.15) is 0 Å². The Balaban J connectivity index is 1.25. The molecule has 0 radical (unpaired) electrons. The monoisotopic (exact) mass is 358 g/mol. The highest BCUT2D eigenvalue weighted by molar-refractivity contribution is 5.75. The van der Waals surface area contributed by atoms with Gasteiger partial charge in [-0.25, -0.2) is 0 Å². The van der Waals surface area contributed by atoms with Gasteiger partial charge in [0, 0.05) is 44.8 Å². The van der Waals surface area contributed by atoms with Crippen LogP contribution in [-0.2, 0) is 4.79 Å². The average Bonchev–Trinajstić information content (AvgIpc) is 3.18. The first-order valence-corrected chi connectivity index (χ1v) is 10.2. The molecule has 26 heavy (non-hydrogen) atoms. The first kappa shape index (κ1) is 19.2. The molecule has 1 amide bonds. The smallest absolute Gasteiger partial charge is 0.220 e. The van der Waals surface area contributed by atoms with Gasteiger partial charge in [-0.3, -0.25) is 9.69 Å². The number of rotatable bonds is 8. The molecule has 1 unspecified atom stereocenters. The molecule has 0 bridgehead atoms. The summed E-state index contributed by atoms with van der Waals surface area (Å²) in [6, 6.07) is 8.77. The standard InChI is InChI=1S/C21H34N4O/c1-18-4-2-5-20(16-18)25-14-12-24(13-15-25)11-3-9-23-21(26)7-6-19-8-10-22-17-19/h2,4-5,16,19,22H,3,6-15,17H2,1H3,(H,23,26). The molecule has 1 aromatic carbocycles. The van der Waals surface area contributed by atoms with Gasteiger partial charge in [-0.05, 0) is 69.4 Å². The number of aryl methyl sites for hydroxylation is 1. The number of carbonyl (C=O) groups is 1. The van der Waals surface area contributed by atoms with Crippen LogP contribution in [0, 0.1) is 12.8 Å². The zero-order chi connectivity index (χ0) is 18.2. The Morgan fingerprint density at radius 3 is 2.85 bits per heavy atom. The minimum atomic E-state index is 0.223. The maximum Gasteiger partial charge on any atom is 0.220 e. The predicted octanol–water partition coefficient (Wildman–Crippen LogP) is 2.01. The van der Waals surface area contributed by atoms with E-state index in [-0.39, 0.29) is 5.91 Å². The third kappa shape index (κ3) is 5.99. The van der Waals surface area contributed by atoms with E-state index >= 15 is 0 Å². The number of amides is 1. The lowest BCUT2D eigenvalue weighted by atomic mass is 10.0. The van der Waals surface area contributed by atoms with Crippen molar-refractivity contribution in [3.63, 3.8) is 0 Å². The van der Waals surface area contributed by atoms with E-state index in [1.165, 1.54) is 17.7 Å². The van der Waals surface area contributed by atoms with Crippen LogP contribution in [0.2, 0.25) is 0 Å². The molecule has 3 rings (SSSR count). The summed E-state index contributed by atoms with van der Waals surface area (Å²) in [6.07, 6.45) is 3.98. The molecular formula is C21H34N4O. The third-order valence-corrected chi connectivity index (χ3v) is 5.65. The molecule has 5 heteroatoms. The lowest BCUT2D eigenvalue weighted by Gasteiger charge is -2.36. The van der Waals surface area contributed by atoms with Crippen LogP contribution in [0.5, 0.6) is 0 Å². The minimum absolute atomic E-state index is 0.223. The number of nitrogens with one attached hydrogen (secondary N) is 2. The van der Waals surface area contributed by atoms with Gasteiger partial charge < -0.3 is 15.5 Å². The van der Waals surface area contributed by atoms with Gasteiger partial charge in [-0.1, -0.05) is 12.1 Å². The Labute approximate surface area is 158 Å². The van der Waals surface area contributed by atoms with Gasteiger partial charge in [0.15, 0.2) is 0 Å². The van der Waals surface area contributed by atoms with Crippen LogP contribution in [-0.4, -0.2) is 63.2 Å². The Kier molecular flexibility index (Phi) is 7.32. The molecule has 144 valence electrons. The lowest BCUT2D eigenvalue weighted by Crippen LogP contribution is -2.47. The van der Waals surface area contributed by atoms with Gasteiger partial charge in [0.25, 0.3) is 0 Å². The van der Waals surface area contributed by atoms with Crippen LogP contribution in [0.3, 0.4) is 0 Å². The van der Waals surface area contributed by atoms with Crippen LogP contribution >= 0.6 is 0 Å². The quantitative estimate of drug-likeness (QED) is 0.698. The predicted molar refractivity (Wildman–Crippen MR) is 108 cm³/mol. The van der Waals surface area contributed by atoms with Crippen molar-refractivity contribution in [2.45, 2.75) is 32.6 Å². The van der Waals surface area contributed by atoms with Gasteiger partial charge in [0.1, 0.15) is 0 Å². The summed E-state index contributed by atoms with van der Waals surface area (Å²) in [5, 5.41) is 6.45. The van der Waals surface area contributed by atoms with Crippen LogP contribution in [0.15, 0.2) is 24.3 Å². The number of hydrogen-bond acceptors (Lipinski definition) is 4. The van der Waals surface area contributed by atoms with Crippen molar-refractivity contribution < 1.29 is 4.79 Å². The Hall–Kier alpha value is -1.59.